The highest BCUT2D eigenvalue weighted by Gasteiger charge is 2.13. The lowest BCUT2D eigenvalue weighted by Crippen LogP contribution is -2.33. The Morgan fingerprint density at radius 1 is 1.33 bits per heavy atom. The van der Waals surface area contributed by atoms with Crippen LogP contribution in [0, 0.1) is 13.8 Å². The fraction of sp³-hybridized carbons (Fsp3) is 0.412. The molecular weight excluding hydrogens is 328 g/mol. The molecule has 0 saturated heterocycles. The van der Waals surface area contributed by atoms with E-state index < -0.39 is 0 Å². The molecule has 1 aromatic carbocycles. The lowest BCUT2D eigenvalue weighted by atomic mass is 10.3. The van der Waals surface area contributed by atoms with E-state index in [1.165, 1.54) is 0 Å². The minimum Gasteiger partial charge on any atom is -0.492 e. The van der Waals surface area contributed by atoms with Crippen molar-refractivity contribution in [3.8, 4) is 5.75 Å². The zero-order valence-electron chi connectivity index (χ0n) is 14.5. The first-order valence-electron chi connectivity index (χ1n) is 7.73. The average Bonchev–Trinajstić information content (AvgIpc) is 2.75. The number of nitrogens with zero attached hydrogens (tertiary/aromatic N) is 3. The summed E-state index contributed by atoms with van der Waals surface area (Å²) in [5.74, 6) is 0.696. The summed E-state index contributed by atoms with van der Waals surface area (Å²) in [6.45, 7) is 5.24. The van der Waals surface area contributed by atoms with Crippen LogP contribution >= 0.6 is 11.6 Å². The smallest absolute Gasteiger partial charge is 0.238 e. The Morgan fingerprint density at radius 2 is 2.00 bits per heavy atom. The Balaban J connectivity index is 1.76. The number of ether oxygens (including phenoxy) is 1. The molecule has 0 aliphatic heterocycles. The van der Waals surface area contributed by atoms with E-state index in [-0.39, 0.29) is 12.5 Å². The van der Waals surface area contributed by atoms with E-state index in [0.717, 1.165) is 22.8 Å². The van der Waals surface area contributed by atoms with Crippen LogP contribution in [0.1, 0.15) is 11.4 Å². The minimum atomic E-state index is -0.0665. The normalized spacial score (nSPS) is 10.9. The number of carbonyl (C=O) groups excluding carboxylic acids is 1. The molecule has 0 fully saturated rings. The van der Waals surface area contributed by atoms with Gasteiger partial charge in [-0.1, -0.05) is 11.6 Å². The van der Waals surface area contributed by atoms with Gasteiger partial charge in [0.05, 0.1) is 23.6 Å². The Hall–Kier alpha value is -2.05. The van der Waals surface area contributed by atoms with Gasteiger partial charge in [0.15, 0.2) is 0 Å². The van der Waals surface area contributed by atoms with Crippen LogP contribution in [0.3, 0.4) is 0 Å². The second kappa shape index (κ2) is 8.17. The summed E-state index contributed by atoms with van der Waals surface area (Å²) < 4.78 is 7.39. The molecule has 130 valence electrons. The molecule has 7 heteroatoms. The van der Waals surface area contributed by atoms with Gasteiger partial charge in [-0.3, -0.25) is 14.4 Å². The van der Waals surface area contributed by atoms with Gasteiger partial charge in [-0.15, -0.1) is 0 Å². The van der Waals surface area contributed by atoms with Crippen LogP contribution < -0.4 is 10.1 Å². The molecule has 2 aromatic rings. The maximum absolute atomic E-state index is 12.2. The van der Waals surface area contributed by atoms with Crippen LogP contribution in [0.25, 0.3) is 0 Å². The number of rotatable bonds is 7. The fourth-order valence-electron chi connectivity index (χ4n) is 2.31. The second-order valence-corrected chi connectivity index (χ2v) is 6.19. The van der Waals surface area contributed by atoms with Gasteiger partial charge >= 0.3 is 0 Å². The summed E-state index contributed by atoms with van der Waals surface area (Å²) in [6.07, 6.45) is 0. The van der Waals surface area contributed by atoms with Gasteiger partial charge in [0.1, 0.15) is 12.4 Å². The molecule has 1 N–H and O–H groups in total. The Bertz CT molecular complexity index is 697. The predicted molar refractivity (Wildman–Crippen MR) is 95.8 cm³/mol. The number of anilines is 1. The summed E-state index contributed by atoms with van der Waals surface area (Å²) in [4.78, 5) is 14.1. The first-order chi connectivity index (χ1) is 11.4. The highest BCUT2D eigenvalue weighted by atomic mass is 35.5. The number of hydrogen-bond donors (Lipinski definition) is 1. The van der Waals surface area contributed by atoms with Gasteiger partial charge in [-0.2, -0.15) is 5.10 Å². The highest BCUT2D eigenvalue weighted by Crippen LogP contribution is 2.18. The van der Waals surface area contributed by atoms with Crippen molar-refractivity contribution in [3.05, 3.63) is 40.7 Å². The third-order valence-electron chi connectivity index (χ3n) is 3.74. The van der Waals surface area contributed by atoms with Crippen molar-refractivity contribution < 1.29 is 9.53 Å². The fourth-order valence-corrected chi connectivity index (χ4v) is 2.43. The molecule has 0 bridgehead atoms. The molecule has 0 aliphatic rings. The number of nitrogens with one attached hydrogen (secondary N) is 1. The van der Waals surface area contributed by atoms with Crippen LogP contribution in [-0.2, 0) is 11.8 Å². The van der Waals surface area contributed by atoms with Gasteiger partial charge in [0, 0.05) is 18.6 Å². The van der Waals surface area contributed by atoms with Crippen LogP contribution in [0.4, 0.5) is 5.69 Å². The molecule has 0 aliphatic carbocycles. The maximum Gasteiger partial charge on any atom is 0.238 e. The molecule has 1 aromatic heterocycles. The summed E-state index contributed by atoms with van der Waals surface area (Å²) in [5, 5.41) is 7.89. The van der Waals surface area contributed by atoms with E-state index in [2.05, 4.69) is 10.4 Å². The summed E-state index contributed by atoms with van der Waals surface area (Å²) >= 11 is 5.83. The van der Waals surface area contributed by atoms with Gasteiger partial charge in [-0.25, -0.2) is 0 Å². The zero-order valence-corrected chi connectivity index (χ0v) is 15.2. The molecule has 1 amide bonds. The third kappa shape index (κ3) is 4.97. The molecule has 0 radical (unpaired) electrons. The quantitative estimate of drug-likeness (QED) is 0.834. The number of carbonyl (C=O) groups is 1. The average molecular weight is 351 g/mol. The van der Waals surface area contributed by atoms with Crippen molar-refractivity contribution in [1.29, 1.82) is 0 Å². The Kier molecular flexibility index (Phi) is 6.23. The van der Waals surface area contributed by atoms with Gasteiger partial charge in [0.25, 0.3) is 0 Å². The summed E-state index contributed by atoms with van der Waals surface area (Å²) in [5.41, 5.74) is 2.54. The second-order valence-electron chi connectivity index (χ2n) is 5.76. The number of aryl methyl sites for hydroxylation is 2. The van der Waals surface area contributed by atoms with Gasteiger partial charge in [-0.05, 0) is 45.2 Å². The van der Waals surface area contributed by atoms with Gasteiger partial charge < -0.3 is 10.1 Å². The van der Waals surface area contributed by atoms with E-state index >= 15 is 0 Å². The molecule has 2 rings (SSSR count). The molecular formula is C17H23ClN4O2. The summed E-state index contributed by atoms with van der Waals surface area (Å²) in [6, 6.07) is 7.21. The number of hydrogen-bond acceptors (Lipinski definition) is 4. The standard InChI is InChI=1S/C17H23ClN4O2/c1-12-17(13(2)22(4)20-12)19-16(23)11-21(3)9-10-24-15-7-5-14(18)6-8-15/h5-8H,9-11H2,1-4H3,(H,19,23). The number of aromatic nitrogens is 2. The first-order valence-corrected chi connectivity index (χ1v) is 8.11. The van der Waals surface area contributed by atoms with Crippen LogP contribution in [0.15, 0.2) is 24.3 Å². The van der Waals surface area contributed by atoms with E-state index in [0.29, 0.717) is 18.2 Å². The van der Waals surface area contributed by atoms with Crippen LogP contribution in [0.5, 0.6) is 5.75 Å². The van der Waals surface area contributed by atoms with Crippen molar-refractivity contribution in [3.63, 3.8) is 0 Å². The maximum atomic E-state index is 12.2. The lowest BCUT2D eigenvalue weighted by molar-refractivity contribution is -0.117. The van der Waals surface area contributed by atoms with E-state index in [4.69, 9.17) is 16.3 Å². The highest BCUT2D eigenvalue weighted by molar-refractivity contribution is 6.30. The van der Waals surface area contributed by atoms with Crippen molar-refractivity contribution in [2.45, 2.75) is 13.8 Å². The number of likely N-dealkylation sites (N-methyl/N-ethyl adjacent to an activating group) is 1. The third-order valence-corrected chi connectivity index (χ3v) is 3.99. The number of halogens is 1. The van der Waals surface area contributed by atoms with E-state index in [1.54, 1.807) is 16.8 Å². The molecule has 0 saturated carbocycles. The lowest BCUT2D eigenvalue weighted by Gasteiger charge is -2.16. The summed E-state index contributed by atoms with van der Waals surface area (Å²) in [7, 11) is 3.74. The van der Waals surface area contributed by atoms with Crippen molar-refractivity contribution in [2.24, 2.45) is 7.05 Å². The molecule has 24 heavy (non-hydrogen) atoms. The Labute approximate surface area is 147 Å². The zero-order chi connectivity index (χ0) is 17.7. The Morgan fingerprint density at radius 3 is 2.58 bits per heavy atom. The molecule has 1 heterocycles. The first kappa shape index (κ1) is 18.3. The molecule has 0 spiro atoms. The van der Waals surface area contributed by atoms with Crippen molar-refractivity contribution in [1.82, 2.24) is 14.7 Å². The number of benzene rings is 1. The van der Waals surface area contributed by atoms with E-state index in [1.807, 2.05) is 45.0 Å². The van der Waals surface area contributed by atoms with Crippen molar-refractivity contribution in [2.75, 3.05) is 32.1 Å². The van der Waals surface area contributed by atoms with Crippen LogP contribution in [-0.4, -0.2) is 47.3 Å². The van der Waals surface area contributed by atoms with Gasteiger partial charge in [0.2, 0.25) is 5.91 Å². The molecule has 0 unspecified atom stereocenters. The molecule has 0 atom stereocenters. The largest absolute Gasteiger partial charge is 0.492 e. The number of amides is 1. The SMILES string of the molecule is Cc1nn(C)c(C)c1NC(=O)CN(C)CCOc1ccc(Cl)cc1. The predicted octanol–water partition coefficient (Wildman–Crippen LogP) is 2.64. The van der Waals surface area contributed by atoms with E-state index in [9.17, 15) is 4.79 Å². The topological polar surface area (TPSA) is 59.4 Å². The minimum absolute atomic E-state index is 0.0665. The van der Waals surface area contributed by atoms with Crippen molar-refractivity contribution >= 4 is 23.2 Å². The van der Waals surface area contributed by atoms with Crippen LogP contribution in [0.2, 0.25) is 5.02 Å². The molecule has 6 nitrogen and oxygen atoms in total. The monoisotopic (exact) mass is 350 g/mol.